The Kier molecular flexibility index (Phi) is 3.66. The number of hydrogen-bond donors (Lipinski definition) is 1. The van der Waals surface area contributed by atoms with Crippen molar-refractivity contribution in [3.8, 4) is 0 Å². The van der Waals surface area contributed by atoms with Gasteiger partial charge in [0.15, 0.2) is 0 Å². The lowest BCUT2D eigenvalue weighted by molar-refractivity contribution is 0.612. The van der Waals surface area contributed by atoms with Crippen LogP contribution in [-0.4, -0.2) is 6.54 Å². The van der Waals surface area contributed by atoms with Crippen LogP contribution in [0.3, 0.4) is 0 Å². The molecule has 2 heteroatoms. The summed E-state index contributed by atoms with van der Waals surface area (Å²) in [6.45, 7) is 4.23. The summed E-state index contributed by atoms with van der Waals surface area (Å²) >= 11 is 5.91. The minimum absolute atomic E-state index is 0.828. The molecule has 2 rings (SSSR count). The fourth-order valence-corrected chi connectivity index (χ4v) is 2.02. The molecule has 1 aliphatic carbocycles. The highest BCUT2D eigenvalue weighted by Gasteiger charge is 2.19. The summed E-state index contributed by atoms with van der Waals surface area (Å²) in [6.07, 6.45) is 4.23. The molecule has 1 saturated carbocycles. The van der Waals surface area contributed by atoms with Gasteiger partial charge in [0, 0.05) is 11.6 Å². The van der Waals surface area contributed by atoms with Crippen molar-refractivity contribution in [1.82, 2.24) is 5.32 Å². The molecule has 0 radical (unpaired) electrons. The monoisotopic (exact) mass is 223 g/mol. The summed E-state index contributed by atoms with van der Waals surface area (Å²) in [5.74, 6) is 1.02. The SMILES string of the molecule is Cc1cc(Cl)ccc1CNCCC1CC1. The molecular weight excluding hydrogens is 206 g/mol. The summed E-state index contributed by atoms with van der Waals surface area (Å²) in [7, 11) is 0. The fourth-order valence-electron chi connectivity index (χ4n) is 1.79. The van der Waals surface area contributed by atoms with E-state index in [-0.39, 0.29) is 0 Å². The zero-order valence-electron chi connectivity index (χ0n) is 9.22. The average molecular weight is 224 g/mol. The topological polar surface area (TPSA) is 12.0 Å². The van der Waals surface area contributed by atoms with E-state index in [0.717, 1.165) is 24.0 Å². The first-order valence-electron chi connectivity index (χ1n) is 5.71. The Morgan fingerprint density at radius 2 is 2.20 bits per heavy atom. The van der Waals surface area contributed by atoms with Gasteiger partial charge in [0.25, 0.3) is 0 Å². The number of benzene rings is 1. The Hall–Kier alpha value is -0.530. The van der Waals surface area contributed by atoms with Gasteiger partial charge in [-0.3, -0.25) is 0 Å². The fraction of sp³-hybridized carbons (Fsp3) is 0.538. The summed E-state index contributed by atoms with van der Waals surface area (Å²) in [5, 5.41) is 4.32. The van der Waals surface area contributed by atoms with E-state index < -0.39 is 0 Å². The molecule has 0 amide bonds. The molecule has 0 spiro atoms. The molecule has 0 heterocycles. The highest BCUT2D eigenvalue weighted by atomic mass is 35.5. The number of rotatable bonds is 5. The van der Waals surface area contributed by atoms with Gasteiger partial charge in [0.05, 0.1) is 0 Å². The van der Waals surface area contributed by atoms with Crippen molar-refractivity contribution < 1.29 is 0 Å². The van der Waals surface area contributed by atoms with Crippen LogP contribution < -0.4 is 5.32 Å². The van der Waals surface area contributed by atoms with Gasteiger partial charge in [0.2, 0.25) is 0 Å². The maximum Gasteiger partial charge on any atom is 0.0408 e. The predicted molar refractivity (Wildman–Crippen MR) is 65.2 cm³/mol. The summed E-state index contributed by atoms with van der Waals surface area (Å²) in [5.41, 5.74) is 2.64. The van der Waals surface area contributed by atoms with Crippen molar-refractivity contribution in [3.63, 3.8) is 0 Å². The highest BCUT2D eigenvalue weighted by molar-refractivity contribution is 6.30. The molecule has 1 aromatic rings. The van der Waals surface area contributed by atoms with Gasteiger partial charge >= 0.3 is 0 Å². The lowest BCUT2D eigenvalue weighted by atomic mass is 10.1. The number of halogens is 1. The van der Waals surface area contributed by atoms with Crippen LogP contribution in [0.2, 0.25) is 5.02 Å². The Morgan fingerprint density at radius 3 is 2.87 bits per heavy atom. The third kappa shape index (κ3) is 3.51. The second-order valence-electron chi connectivity index (χ2n) is 4.48. The average Bonchev–Trinajstić information content (AvgIpc) is 2.99. The molecule has 0 aliphatic heterocycles. The minimum atomic E-state index is 0.828. The zero-order valence-corrected chi connectivity index (χ0v) is 9.98. The third-order valence-corrected chi connectivity index (χ3v) is 3.28. The molecule has 0 bridgehead atoms. The second-order valence-corrected chi connectivity index (χ2v) is 4.92. The number of aryl methyl sites for hydroxylation is 1. The molecular formula is C13H18ClN. The van der Waals surface area contributed by atoms with Crippen LogP contribution in [-0.2, 0) is 6.54 Å². The van der Waals surface area contributed by atoms with E-state index in [1.54, 1.807) is 0 Å². The van der Waals surface area contributed by atoms with Crippen molar-refractivity contribution in [3.05, 3.63) is 34.3 Å². The van der Waals surface area contributed by atoms with Crippen LogP contribution in [0.1, 0.15) is 30.4 Å². The number of hydrogen-bond acceptors (Lipinski definition) is 1. The van der Waals surface area contributed by atoms with Crippen molar-refractivity contribution in [2.75, 3.05) is 6.54 Å². The minimum Gasteiger partial charge on any atom is -0.313 e. The van der Waals surface area contributed by atoms with Crippen molar-refractivity contribution in [1.29, 1.82) is 0 Å². The van der Waals surface area contributed by atoms with Crippen LogP contribution in [0, 0.1) is 12.8 Å². The van der Waals surface area contributed by atoms with E-state index in [2.05, 4.69) is 18.3 Å². The van der Waals surface area contributed by atoms with Gasteiger partial charge < -0.3 is 5.32 Å². The Bertz CT molecular complexity index is 331. The second kappa shape index (κ2) is 5.00. The molecule has 1 aliphatic rings. The zero-order chi connectivity index (χ0) is 10.7. The van der Waals surface area contributed by atoms with Gasteiger partial charge in [-0.15, -0.1) is 0 Å². The molecule has 1 aromatic carbocycles. The Labute approximate surface area is 96.8 Å². The van der Waals surface area contributed by atoms with Gasteiger partial charge in [0.1, 0.15) is 0 Å². The standard InChI is InChI=1S/C13H18ClN/c1-10-8-13(14)5-4-12(10)9-15-7-6-11-2-3-11/h4-5,8,11,15H,2-3,6-7,9H2,1H3. The van der Waals surface area contributed by atoms with Gasteiger partial charge in [-0.1, -0.05) is 30.5 Å². The van der Waals surface area contributed by atoms with E-state index in [1.165, 1.54) is 30.4 Å². The largest absolute Gasteiger partial charge is 0.313 e. The summed E-state index contributed by atoms with van der Waals surface area (Å²) < 4.78 is 0. The molecule has 0 atom stereocenters. The Balaban J connectivity index is 1.76. The van der Waals surface area contributed by atoms with Gasteiger partial charge in [-0.05, 0) is 49.1 Å². The van der Waals surface area contributed by atoms with Crippen molar-refractivity contribution in [2.45, 2.75) is 32.7 Å². The van der Waals surface area contributed by atoms with Gasteiger partial charge in [-0.2, -0.15) is 0 Å². The van der Waals surface area contributed by atoms with Crippen LogP contribution in [0.15, 0.2) is 18.2 Å². The van der Waals surface area contributed by atoms with Gasteiger partial charge in [-0.25, -0.2) is 0 Å². The van der Waals surface area contributed by atoms with E-state index in [0.29, 0.717) is 0 Å². The summed E-state index contributed by atoms with van der Waals surface area (Å²) in [4.78, 5) is 0. The van der Waals surface area contributed by atoms with Crippen LogP contribution in [0.5, 0.6) is 0 Å². The molecule has 0 aromatic heterocycles. The normalized spacial score (nSPS) is 15.6. The quantitative estimate of drug-likeness (QED) is 0.753. The highest BCUT2D eigenvalue weighted by Crippen LogP contribution is 2.31. The molecule has 0 unspecified atom stereocenters. The molecule has 1 N–H and O–H groups in total. The smallest absolute Gasteiger partial charge is 0.0408 e. The molecule has 15 heavy (non-hydrogen) atoms. The molecule has 82 valence electrons. The lowest BCUT2D eigenvalue weighted by Crippen LogP contribution is -2.15. The molecule has 1 nitrogen and oxygen atoms in total. The predicted octanol–water partition coefficient (Wildman–Crippen LogP) is 3.54. The van der Waals surface area contributed by atoms with Crippen molar-refractivity contribution in [2.24, 2.45) is 5.92 Å². The lowest BCUT2D eigenvalue weighted by Gasteiger charge is -2.07. The first kappa shape index (κ1) is 11.0. The summed E-state index contributed by atoms with van der Waals surface area (Å²) in [6, 6.07) is 6.10. The van der Waals surface area contributed by atoms with Crippen LogP contribution in [0.4, 0.5) is 0 Å². The first-order chi connectivity index (χ1) is 7.25. The van der Waals surface area contributed by atoms with E-state index in [9.17, 15) is 0 Å². The van der Waals surface area contributed by atoms with E-state index >= 15 is 0 Å². The van der Waals surface area contributed by atoms with Crippen LogP contribution >= 0.6 is 11.6 Å². The van der Waals surface area contributed by atoms with E-state index in [4.69, 9.17) is 11.6 Å². The number of nitrogens with one attached hydrogen (secondary N) is 1. The maximum absolute atomic E-state index is 5.91. The van der Waals surface area contributed by atoms with Crippen molar-refractivity contribution >= 4 is 11.6 Å². The van der Waals surface area contributed by atoms with Crippen LogP contribution in [0.25, 0.3) is 0 Å². The third-order valence-electron chi connectivity index (χ3n) is 3.05. The van der Waals surface area contributed by atoms with E-state index in [1.807, 2.05) is 12.1 Å². The maximum atomic E-state index is 5.91. The molecule has 1 fully saturated rings. The Morgan fingerprint density at radius 1 is 1.40 bits per heavy atom. The molecule has 0 saturated heterocycles. The first-order valence-corrected chi connectivity index (χ1v) is 6.09.